The van der Waals surface area contributed by atoms with Crippen molar-refractivity contribution in [3.63, 3.8) is 0 Å². The van der Waals surface area contributed by atoms with Gasteiger partial charge in [0, 0.05) is 23.9 Å². The summed E-state index contributed by atoms with van der Waals surface area (Å²) in [5, 5.41) is 2.71. The first kappa shape index (κ1) is 18.5. The van der Waals surface area contributed by atoms with Gasteiger partial charge in [-0.1, -0.05) is 12.1 Å². The summed E-state index contributed by atoms with van der Waals surface area (Å²) in [7, 11) is -2.01. The van der Waals surface area contributed by atoms with E-state index in [1.165, 1.54) is 11.7 Å². The van der Waals surface area contributed by atoms with Gasteiger partial charge < -0.3 is 24.1 Å². The number of hydrogen-bond acceptors (Lipinski definition) is 7. The van der Waals surface area contributed by atoms with Gasteiger partial charge in [0.15, 0.2) is 11.5 Å². The van der Waals surface area contributed by atoms with Crippen molar-refractivity contribution in [1.82, 2.24) is 9.55 Å². The molecule has 1 amide bonds. The Labute approximate surface area is 172 Å². The molecule has 0 saturated heterocycles. The average molecular weight is 427 g/mol. The molecule has 5 rings (SSSR count). The standard InChI is InChI=1S/C20H17N3O6S/c1-27-14-4-2-3-12(9-14)17-18(23-7-8-30(25,26)20(23)22-17)19(24)21-13-5-6-15-16(10-13)29-11-28-15/h2-6,9-10H,7-8,11H2,1H3,(H,21,24). The summed E-state index contributed by atoms with van der Waals surface area (Å²) in [6, 6.07) is 12.0. The minimum Gasteiger partial charge on any atom is -0.497 e. The summed E-state index contributed by atoms with van der Waals surface area (Å²) in [4.78, 5) is 17.5. The van der Waals surface area contributed by atoms with Crippen LogP contribution in [0.1, 0.15) is 10.5 Å². The Balaban J connectivity index is 1.59. The average Bonchev–Trinajstić information content (AvgIpc) is 3.43. The van der Waals surface area contributed by atoms with Gasteiger partial charge in [-0.05, 0) is 24.3 Å². The molecule has 1 aromatic heterocycles. The lowest BCUT2D eigenvalue weighted by molar-refractivity contribution is 0.101. The van der Waals surface area contributed by atoms with Gasteiger partial charge in [0.25, 0.3) is 5.91 Å². The fraction of sp³-hybridized carbons (Fsp3) is 0.200. The number of aromatic nitrogens is 2. The number of amides is 1. The van der Waals surface area contributed by atoms with E-state index in [9.17, 15) is 13.2 Å². The number of imidazole rings is 1. The number of hydrogen-bond donors (Lipinski definition) is 1. The van der Waals surface area contributed by atoms with Crippen LogP contribution in [-0.2, 0) is 16.4 Å². The molecule has 0 fully saturated rings. The van der Waals surface area contributed by atoms with Crippen molar-refractivity contribution in [3.8, 4) is 28.5 Å². The number of nitrogens with zero attached hydrogens (tertiary/aromatic N) is 2. The molecular formula is C20H17N3O6S. The summed E-state index contributed by atoms with van der Waals surface area (Å²) in [6.45, 7) is 0.291. The van der Waals surface area contributed by atoms with Crippen LogP contribution in [0.4, 0.5) is 5.69 Å². The van der Waals surface area contributed by atoms with Crippen LogP contribution in [0.5, 0.6) is 17.2 Å². The number of sulfone groups is 1. The highest BCUT2D eigenvalue weighted by Crippen LogP contribution is 2.35. The van der Waals surface area contributed by atoms with Crippen LogP contribution in [-0.4, -0.2) is 43.5 Å². The van der Waals surface area contributed by atoms with E-state index in [0.29, 0.717) is 28.5 Å². The Morgan fingerprint density at radius 1 is 1.17 bits per heavy atom. The second-order valence-corrected chi connectivity index (χ2v) is 8.82. The van der Waals surface area contributed by atoms with Gasteiger partial charge in [-0.25, -0.2) is 13.4 Å². The molecule has 30 heavy (non-hydrogen) atoms. The number of ether oxygens (including phenoxy) is 3. The smallest absolute Gasteiger partial charge is 0.274 e. The van der Waals surface area contributed by atoms with Crippen LogP contribution in [0.2, 0.25) is 0 Å². The van der Waals surface area contributed by atoms with Crippen molar-refractivity contribution >= 4 is 21.4 Å². The lowest BCUT2D eigenvalue weighted by atomic mass is 10.1. The first-order valence-electron chi connectivity index (χ1n) is 9.15. The lowest BCUT2D eigenvalue weighted by Gasteiger charge is -2.10. The van der Waals surface area contributed by atoms with Gasteiger partial charge in [0.1, 0.15) is 17.1 Å². The molecule has 0 saturated carbocycles. The Hall–Kier alpha value is -3.53. The normalized spacial score (nSPS) is 15.6. The van der Waals surface area contributed by atoms with Gasteiger partial charge in [0.05, 0.1) is 12.9 Å². The molecule has 0 aliphatic carbocycles. The predicted molar refractivity (Wildman–Crippen MR) is 107 cm³/mol. The summed E-state index contributed by atoms with van der Waals surface area (Å²) < 4.78 is 42.2. The molecule has 10 heteroatoms. The van der Waals surface area contributed by atoms with E-state index in [2.05, 4.69) is 10.3 Å². The maximum atomic E-state index is 13.2. The Morgan fingerprint density at radius 3 is 2.83 bits per heavy atom. The minimum atomic E-state index is -3.54. The lowest BCUT2D eigenvalue weighted by Crippen LogP contribution is -2.17. The van der Waals surface area contributed by atoms with Gasteiger partial charge in [0.2, 0.25) is 21.8 Å². The summed E-state index contributed by atoms with van der Waals surface area (Å²) in [5.41, 5.74) is 1.54. The van der Waals surface area contributed by atoms with Crippen LogP contribution in [0.25, 0.3) is 11.3 Å². The van der Waals surface area contributed by atoms with Crippen molar-refractivity contribution in [2.45, 2.75) is 11.7 Å². The Kier molecular flexibility index (Phi) is 4.17. The van der Waals surface area contributed by atoms with E-state index in [0.717, 1.165) is 0 Å². The molecule has 0 spiro atoms. The maximum absolute atomic E-state index is 13.2. The van der Waals surface area contributed by atoms with Gasteiger partial charge in [-0.2, -0.15) is 0 Å². The van der Waals surface area contributed by atoms with Gasteiger partial charge in [-0.15, -0.1) is 0 Å². The first-order valence-corrected chi connectivity index (χ1v) is 10.8. The van der Waals surface area contributed by atoms with Crippen LogP contribution in [0.15, 0.2) is 47.6 Å². The van der Waals surface area contributed by atoms with E-state index in [-0.39, 0.29) is 35.6 Å². The molecule has 2 aliphatic heterocycles. The number of rotatable bonds is 4. The molecule has 1 N–H and O–H groups in total. The second-order valence-electron chi connectivity index (χ2n) is 6.82. The molecule has 0 radical (unpaired) electrons. The highest BCUT2D eigenvalue weighted by atomic mass is 32.2. The first-order chi connectivity index (χ1) is 14.5. The van der Waals surface area contributed by atoms with E-state index >= 15 is 0 Å². The topological polar surface area (TPSA) is 109 Å². The zero-order chi connectivity index (χ0) is 20.9. The molecule has 0 atom stereocenters. The van der Waals surface area contributed by atoms with Crippen LogP contribution >= 0.6 is 0 Å². The van der Waals surface area contributed by atoms with Crippen molar-refractivity contribution in [2.75, 3.05) is 25.0 Å². The van der Waals surface area contributed by atoms with E-state index in [4.69, 9.17) is 14.2 Å². The van der Waals surface area contributed by atoms with Crippen molar-refractivity contribution in [3.05, 3.63) is 48.2 Å². The number of carbonyl (C=O) groups excluding carboxylic acids is 1. The largest absolute Gasteiger partial charge is 0.497 e. The monoisotopic (exact) mass is 427 g/mol. The highest BCUT2D eigenvalue weighted by molar-refractivity contribution is 7.91. The molecule has 9 nitrogen and oxygen atoms in total. The highest BCUT2D eigenvalue weighted by Gasteiger charge is 2.35. The summed E-state index contributed by atoms with van der Waals surface area (Å²) in [6.07, 6.45) is 0. The number of benzene rings is 2. The van der Waals surface area contributed by atoms with Crippen LogP contribution < -0.4 is 19.5 Å². The van der Waals surface area contributed by atoms with E-state index < -0.39 is 15.7 Å². The number of nitrogens with one attached hydrogen (secondary N) is 1. The zero-order valence-electron chi connectivity index (χ0n) is 15.9. The quantitative estimate of drug-likeness (QED) is 0.681. The predicted octanol–water partition coefficient (Wildman–Crippen LogP) is 2.33. The van der Waals surface area contributed by atoms with Crippen molar-refractivity contribution in [2.24, 2.45) is 0 Å². The van der Waals surface area contributed by atoms with Crippen LogP contribution in [0.3, 0.4) is 0 Å². The fourth-order valence-corrected chi connectivity index (χ4v) is 4.90. The number of methoxy groups -OCH3 is 1. The van der Waals surface area contributed by atoms with Crippen molar-refractivity contribution < 1.29 is 27.4 Å². The number of carbonyl (C=O) groups is 1. The van der Waals surface area contributed by atoms with E-state index in [1.807, 2.05) is 0 Å². The summed E-state index contributed by atoms with van der Waals surface area (Å²) >= 11 is 0. The van der Waals surface area contributed by atoms with Gasteiger partial charge >= 0.3 is 0 Å². The third-order valence-corrected chi connectivity index (χ3v) is 6.57. The minimum absolute atomic E-state index is 0.0853. The third-order valence-electron chi connectivity index (χ3n) is 4.98. The molecular weight excluding hydrogens is 410 g/mol. The molecule has 0 bridgehead atoms. The molecule has 3 aromatic rings. The van der Waals surface area contributed by atoms with E-state index in [1.54, 1.807) is 42.5 Å². The Bertz CT molecular complexity index is 1280. The second kappa shape index (κ2) is 6.77. The molecule has 3 heterocycles. The van der Waals surface area contributed by atoms with Gasteiger partial charge in [-0.3, -0.25) is 4.79 Å². The molecule has 0 unspecified atom stereocenters. The third kappa shape index (κ3) is 2.96. The maximum Gasteiger partial charge on any atom is 0.274 e. The number of anilines is 1. The van der Waals surface area contributed by atoms with Crippen molar-refractivity contribution in [1.29, 1.82) is 0 Å². The fourth-order valence-electron chi connectivity index (χ4n) is 3.55. The SMILES string of the molecule is COc1cccc(-c2nc3n(c2C(=O)Nc2ccc4c(c2)OCO4)CCS3(=O)=O)c1. The number of fused-ring (bicyclic) bond motifs is 2. The molecule has 154 valence electrons. The molecule has 2 aromatic carbocycles. The van der Waals surface area contributed by atoms with Crippen LogP contribution in [0, 0.1) is 0 Å². The summed E-state index contributed by atoms with van der Waals surface area (Å²) in [5.74, 6) is 1.15. The zero-order valence-corrected chi connectivity index (χ0v) is 16.7. The Morgan fingerprint density at radius 2 is 2.00 bits per heavy atom. The molecule has 2 aliphatic rings.